The molecular formula is C23H28ClN5OS2. The molecule has 0 fully saturated rings. The fourth-order valence-corrected chi connectivity index (χ4v) is 4.79. The van der Waals surface area contributed by atoms with Crippen LogP contribution in [0.3, 0.4) is 0 Å². The van der Waals surface area contributed by atoms with Crippen LogP contribution in [0, 0.1) is 20.8 Å². The van der Waals surface area contributed by atoms with Crippen LogP contribution in [-0.4, -0.2) is 44.7 Å². The van der Waals surface area contributed by atoms with Crippen molar-refractivity contribution in [2.45, 2.75) is 38.0 Å². The summed E-state index contributed by atoms with van der Waals surface area (Å²) in [5.41, 5.74) is 4.02. The Balaban J connectivity index is 1.39. The molecule has 0 atom stereocenters. The van der Waals surface area contributed by atoms with Gasteiger partial charge in [-0.15, -0.1) is 11.8 Å². The predicted molar refractivity (Wildman–Crippen MR) is 135 cm³/mol. The summed E-state index contributed by atoms with van der Waals surface area (Å²) in [5, 5.41) is 3.85. The Labute approximate surface area is 203 Å². The van der Waals surface area contributed by atoms with E-state index in [9.17, 15) is 0 Å². The van der Waals surface area contributed by atoms with Gasteiger partial charge in [0.15, 0.2) is 0 Å². The van der Waals surface area contributed by atoms with Gasteiger partial charge >= 0.3 is 0 Å². The number of nitrogens with zero attached hydrogens (tertiary/aromatic N) is 4. The van der Waals surface area contributed by atoms with Crippen LogP contribution in [0.1, 0.15) is 28.5 Å². The van der Waals surface area contributed by atoms with E-state index in [1.165, 1.54) is 4.90 Å². The van der Waals surface area contributed by atoms with Gasteiger partial charge in [-0.05, 0) is 44.5 Å². The van der Waals surface area contributed by atoms with Crippen molar-refractivity contribution in [2.75, 3.05) is 30.0 Å². The van der Waals surface area contributed by atoms with Gasteiger partial charge in [0, 0.05) is 34.5 Å². The fraction of sp³-hybridized carbons (Fsp3) is 0.391. The van der Waals surface area contributed by atoms with Gasteiger partial charge in [0.25, 0.3) is 0 Å². The number of aryl methyl sites for hydroxylation is 2. The summed E-state index contributed by atoms with van der Waals surface area (Å²) in [6.07, 6.45) is 3.68. The highest BCUT2D eigenvalue weighted by Gasteiger charge is 2.10. The molecule has 3 rings (SSSR count). The smallest absolute Gasteiger partial charge is 0.149 e. The lowest BCUT2D eigenvalue weighted by atomic mass is 10.2. The van der Waals surface area contributed by atoms with E-state index in [2.05, 4.69) is 44.3 Å². The average Bonchev–Trinajstić information content (AvgIpc) is 2.79. The third-order valence-electron chi connectivity index (χ3n) is 4.64. The lowest BCUT2D eigenvalue weighted by molar-refractivity contribution is 0.167. The number of rotatable bonds is 12. The molecule has 0 aliphatic rings. The second-order valence-corrected chi connectivity index (χ2v) is 9.71. The van der Waals surface area contributed by atoms with E-state index in [1.807, 2.05) is 50.1 Å². The summed E-state index contributed by atoms with van der Waals surface area (Å²) >= 11 is 9.97. The molecule has 3 aromatic heterocycles. The molecule has 170 valence electrons. The van der Waals surface area contributed by atoms with Crippen LogP contribution in [0.25, 0.3) is 0 Å². The predicted octanol–water partition coefficient (Wildman–Crippen LogP) is 5.50. The van der Waals surface area contributed by atoms with Crippen LogP contribution >= 0.6 is 35.1 Å². The van der Waals surface area contributed by atoms with E-state index >= 15 is 0 Å². The number of nitrogens with one attached hydrogen (secondary N) is 1. The first-order valence-corrected chi connectivity index (χ1v) is 12.9. The Morgan fingerprint density at radius 3 is 2.66 bits per heavy atom. The standard InChI is InChI=1S/C23H28ClN5OS2/c1-16-20(14-27-23-22(24)17(2)28-18(3)29-23)26-9-7-21(16)32-13-11-30-10-12-31-15-19-6-4-5-8-25-19/h4-9H,10-15H2,1-3H3,(H,27,28,29). The fourth-order valence-electron chi connectivity index (χ4n) is 2.97. The monoisotopic (exact) mass is 489 g/mol. The molecule has 0 unspecified atom stereocenters. The van der Waals surface area contributed by atoms with Crippen molar-refractivity contribution in [2.24, 2.45) is 0 Å². The van der Waals surface area contributed by atoms with Gasteiger partial charge in [-0.1, -0.05) is 17.7 Å². The number of halogens is 1. The number of hydrogen-bond donors (Lipinski definition) is 1. The molecule has 0 radical (unpaired) electrons. The summed E-state index contributed by atoms with van der Waals surface area (Å²) in [6, 6.07) is 8.06. The van der Waals surface area contributed by atoms with Gasteiger partial charge in [0.1, 0.15) is 16.7 Å². The summed E-state index contributed by atoms with van der Waals surface area (Å²) in [6.45, 7) is 7.86. The minimum absolute atomic E-state index is 0.550. The van der Waals surface area contributed by atoms with Crippen LogP contribution in [0.2, 0.25) is 5.02 Å². The van der Waals surface area contributed by atoms with Crippen LogP contribution in [0.5, 0.6) is 0 Å². The Hall–Kier alpha value is -1.87. The largest absolute Gasteiger partial charge is 0.380 e. The Morgan fingerprint density at radius 2 is 1.84 bits per heavy atom. The van der Waals surface area contributed by atoms with E-state index in [4.69, 9.17) is 16.3 Å². The van der Waals surface area contributed by atoms with Crippen LogP contribution in [-0.2, 0) is 17.0 Å². The highest BCUT2D eigenvalue weighted by Crippen LogP contribution is 2.26. The maximum atomic E-state index is 6.33. The Kier molecular flexibility index (Phi) is 10.1. The van der Waals surface area contributed by atoms with Crippen LogP contribution in [0.15, 0.2) is 41.6 Å². The topological polar surface area (TPSA) is 72.8 Å². The van der Waals surface area contributed by atoms with E-state index in [0.717, 1.165) is 53.1 Å². The highest BCUT2D eigenvalue weighted by molar-refractivity contribution is 7.99. The van der Waals surface area contributed by atoms with Gasteiger partial charge in [0.05, 0.1) is 36.8 Å². The molecule has 1 N–H and O–H groups in total. The van der Waals surface area contributed by atoms with E-state index < -0.39 is 0 Å². The number of thioether (sulfide) groups is 2. The second kappa shape index (κ2) is 13.0. The Bertz CT molecular complexity index is 1010. The number of pyridine rings is 2. The molecule has 32 heavy (non-hydrogen) atoms. The molecule has 0 saturated carbocycles. The molecule has 0 bridgehead atoms. The van der Waals surface area contributed by atoms with Gasteiger partial charge in [0.2, 0.25) is 0 Å². The van der Waals surface area contributed by atoms with Gasteiger partial charge in [-0.3, -0.25) is 9.97 Å². The SMILES string of the molecule is Cc1nc(C)c(Cl)c(NCc2nccc(SCCOCCSCc3ccccn3)c2C)n1. The van der Waals surface area contributed by atoms with Crippen molar-refractivity contribution in [1.29, 1.82) is 0 Å². The summed E-state index contributed by atoms with van der Waals surface area (Å²) in [7, 11) is 0. The van der Waals surface area contributed by atoms with Gasteiger partial charge < -0.3 is 10.1 Å². The molecule has 0 aromatic carbocycles. The van der Waals surface area contributed by atoms with Crippen molar-refractivity contribution < 1.29 is 4.74 Å². The molecule has 0 spiro atoms. The summed E-state index contributed by atoms with van der Waals surface area (Å²) < 4.78 is 5.79. The maximum absolute atomic E-state index is 6.33. The maximum Gasteiger partial charge on any atom is 0.149 e. The zero-order valence-corrected chi connectivity index (χ0v) is 21.0. The van der Waals surface area contributed by atoms with Crippen LogP contribution < -0.4 is 5.32 Å². The van der Waals surface area contributed by atoms with Crippen molar-refractivity contribution in [3.8, 4) is 0 Å². The zero-order chi connectivity index (χ0) is 22.8. The quantitative estimate of drug-likeness (QED) is 0.264. The van der Waals surface area contributed by atoms with Crippen molar-refractivity contribution >= 4 is 40.9 Å². The lowest BCUT2D eigenvalue weighted by Gasteiger charge is -2.13. The molecule has 3 heterocycles. The van der Waals surface area contributed by atoms with Crippen molar-refractivity contribution in [3.63, 3.8) is 0 Å². The number of ether oxygens (including phenoxy) is 1. The number of hydrogen-bond acceptors (Lipinski definition) is 8. The molecule has 9 heteroatoms. The van der Waals surface area contributed by atoms with Crippen molar-refractivity contribution in [3.05, 3.63) is 70.2 Å². The second-order valence-electron chi connectivity index (χ2n) is 7.09. The first kappa shape index (κ1) is 24.8. The first-order chi connectivity index (χ1) is 15.5. The van der Waals surface area contributed by atoms with Crippen LogP contribution in [0.4, 0.5) is 5.82 Å². The minimum Gasteiger partial charge on any atom is -0.380 e. The minimum atomic E-state index is 0.550. The third-order valence-corrected chi connectivity index (χ3v) is 7.18. The first-order valence-electron chi connectivity index (χ1n) is 10.4. The highest BCUT2D eigenvalue weighted by atomic mass is 35.5. The summed E-state index contributed by atoms with van der Waals surface area (Å²) in [5.74, 6) is 4.13. The molecular weight excluding hydrogens is 462 g/mol. The van der Waals surface area contributed by atoms with Gasteiger partial charge in [-0.25, -0.2) is 9.97 Å². The van der Waals surface area contributed by atoms with Gasteiger partial charge in [-0.2, -0.15) is 11.8 Å². The molecule has 0 aliphatic carbocycles. The number of anilines is 1. The molecule has 6 nitrogen and oxygen atoms in total. The normalized spacial score (nSPS) is 11.0. The molecule has 3 aromatic rings. The van der Waals surface area contributed by atoms with E-state index in [-0.39, 0.29) is 0 Å². The number of aromatic nitrogens is 4. The van der Waals surface area contributed by atoms with E-state index in [1.54, 1.807) is 11.8 Å². The molecule has 0 aliphatic heterocycles. The zero-order valence-electron chi connectivity index (χ0n) is 18.6. The van der Waals surface area contributed by atoms with E-state index in [0.29, 0.717) is 23.2 Å². The third kappa shape index (κ3) is 7.62. The molecule has 0 amide bonds. The van der Waals surface area contributed by atoms with Crippen molar-refractivity contribution in [1.82, 2.24) is 19.9 Å². The molecule has 0 saturated heterocycles. The Morgan fingerprint density at radius 1 is 1.00 bits per heavy atom. The summed E-state index contributed by atoms with van der Waals surface area (Å²) in [4.78, 5) is 18.8. The average molecular weight is 490 g/mol. The lowest BCUT2D eigenvalue weighted by Crippen LogP contribution is -2.08.